The number of ether oxygens (including phenoxy) is 1. The van der Waals surface area contributed by atoms with E-state index in [0.29, 0.717) is 24.0 Å². The highest BCUT2D eigenvalue weighted by molar-refractivity contribution is 7.49. The van der Waals surface area contributed by atoms with Crippen molar-refractivity contribution in [3.63, 3.8) is 0 Å². The highest BCUT2D eigenvalue weighted by Crippen LogP contribution is 2.58. The van der Waals surface area contributed by atoms with Crippen LogP contribution in [0.3, 0.4) is 0 Å². The van der Waals surface area contributed by atoms with Crippen LogP contribution < -0.4 is 15.8 Å². The monoisotopic (exact) mass is 564 g/mol. The first-order valence-corrected chi connectivity index (χ1v) is 14.5. The maximum absolute atomic E-state index is 15.4. The van der Waals surface area contributed by atoms with Crippen molar-refractivity contribution >= 4 is 7.82 Å². The molecule has 214 valence electrons. The number of aromatic amines is 1. The van der Waals surface area contributed by atoms with Crippen LogP contribution in [0.1, 0.15) is 96.7 Å². The van der Waals surface area contributed by atoms with E-state index in [2.05, 4.69) is 10.9 Å². The van der Waals surface area contributed by atoms with Gasteiger partial charge in [-0.2, -0.15) is 0 Å². The third kappa shape index (κ3) is 6.55. The third-order valence-electron chi connectivity index (χ3n) is 6.43. The third-order valence-corrected chi connectivity index (χ3v) is 7.75. The Bertz CT molecular complexity index is 1430. The molecule has 0 spiro atoms. The molecule has 9 nitrogen and oxygen atoms in total. The Hall–Kier alpha value is -2.70. The summed E-state index contributed by atoms with van der Waals surface area (Å²) in [5.41, 5.74) is -0.725. The number of phosphoric acid groups is 1. The molecule has 2 aliphatic rings. The number of rotatable bonds is 4. The fourth-order valence-electron chi connectivity index (χ4n) is 4.37. The van der Waals surface area contributed by atoms with E-state index in [1.807, 2.05) is 55.4 Å². The summed E-state index contributed by atoms with van der Waals surface area (Å²) in [6.45, 7) is 15.3. The molecule has 1 aromatic heterocycles. The Morgan fingerprint density at radius 3 is 2.38 bits per heavy atom. The molecule has 4 rings (SSSR count). The molecular weight excluding hydrogens is 526 g/mol. The molecule has 2 aliphatic heterocycles. The summed E-state index contributed by atoms with van der Waals surface area (Å²) in [6.07, 6.45) is 6.30. The van der Waals surface area contributed by atoms with Crippen LogP contribution in [0.15, 0.2) is 21.9 Å². The molecule has 3 unspecified atom stereocenters. The van der Waals surface area contributed by atoms with Crippen LogP contribution in [0.25, 0.3) is 0 Å². The number of terminal acetylenes is 1. The van der Waals surface area contributed by atoms with Gasteiger partial charge in [0.25, 0.3) is 5.56 Å². The molecule has 0 bridgehead atoms. The van der Waals surface area contributed by atoms with Gasteiger partial charge in [-0.3, -0.25) is 23.4 Å². The topological polar surface area (TPSA) is 109 Å². The maximum atomic E-state index is 15.4. The lowest BCUT2D eigenvalue weighted by atomic mass is 9.78. The summed E-state index contributed by atoms with van der Waals surface area (Å²) >= 11 is 0. The van der Waals surface area contributed by atoms with Gasteiger partial charge in [0.1, 0.15) is 23.4 Å². The fraction of sp³-hybridized carbons (Fsp3) is 0.571. The van der Waals surface area contributed by atoms with Crippen molar-refractivity contribution in [3.05, 3.63) is 61.2 Å². The lowest BCUT2D eigenvalue weighted by molar-refractivity contribution is -0.0265. The second kappa shape index (κ2) is 11.4. The largest absolute Gasteiger partial charge is 0.530 e. The molecule has 0 amide bonds. The Morgan fingerprint density at radius 1 is 1.15 bits per heavy atom. The predicted octanol–water partition coefficient (Wildman–Crippen LogP) is 5.69. The minimum atomic E-state index is -4.08. The van der Waals surface area contributed by atoms with Crippen molar-refractivity contribution < 1.29 is 27.3 Å². The standard InChI is InChI=1S/C26H32FN2O7P.C2H6/c1-8-15-12-29(24(31)28-23(15)30)20-10-9-16(35-20)13-33-37(32)34-14-17-21(27)18(25(2,3)4)11-19(22(17)36-37)26(5,6)7;1-2/h1,11-12,16,20H,9-10,13-14H2,2-7H3,(H,28,30,31);1-2H3. The Labute approximate surface area is 228 Å². The first kappa shape index (κ1) is 30.8. The molecule has 1 fully saturated rings. The van der Waals surface area contributed by atoms with Gasteiger partial charge < -0.3 is 9.26 Å². The molecular formula is C28H38FN2O7P. The van der Waals surface area contributed by atoms with Crippen molar-refractivity contribution in [1.82, 2.24) is 9.55 Å². The van der Waals surface area contributed by atoms with E-state index >= 15 is 4.39 Å². The molecule has 1 N–H and O–H groups in total. The van der Waals surface area contributed by atoms with Crippen LogP contribution in [0.4, 0.5) is 4.39 Å². The molecule has 3 atom stereocenters. The van der Waals surface area contributed by atoms with E-state index in [1.165, 1.54) is 10.8 Å². The van der Waals surface area contributed by atoms with Gasteiger partial charge in [-0.25, -0.2) is 13.8 Å². The SMILES string of the molecule is C#Cc1cn(C2CCC(COP3(=O)OCc4c(F)c(C(C)(C)C)cc(C(C)(C)C)c4O3)O2)c(=O)[nH]c1=O.CC. The van der Waals surface area contributed by atoms with Crippen molar-refractivity contribution in [2.24, 2.45) is 0 Å². The van der Waals surface area contributed by atoms with Crippen LogP contribution in [0.2, 0.25) is 0 Å². The number of nitrogens with zero attached hydrogens (tertiary/aromatic N) is 1. The number of aromatic nitrogens is 2. The van der Waals surface area contributed by atoms with Crippen LogP contribution in [-0.2, 0) is 35.8 Å². The van der Waals surface area contributed by atoms with Gasteiger partial charge in [-0.1, -0.05) is 61.3 Å². The molecule has 0 radical (unpaired) electrons. The first-order chi connectivity index (χ1) is 18.1. The summed E-state index contributed by atoms with van der Waals surface area (Å²) in [5.74, 6) is 1.97. The number of hydrogen-bond donors (Lipinski definition) is 1. The molecule has 0 aliphatic carbocycles. The van der Waals surface area contributed by atoms with E-state index in [1.54, 1.807) is 6.07 Å². The second-order valence-corrected chi connectivity index (χ2v) is 12.9. The smallest absolute Gasteiger partial charge is 0.403 e. The lowest BCUT2D eigenvalue weighted by Crippen LogP contribution is -2.33. The molecule has 39 heavy (non-hydrogen) atoms. The van der Waals surface area contributed by atoms with Gasteiger partial charge in [0.05, 0.1) is 24.9 Å². The number of phosphoric ester groups is 1. The zero-order valence-corrected chi connectivity index (χ0v) is 24.7. The average Bonchev–Trinajstić information content (AvgIpc) is 3.31. The summed E-state index contributed by atoms with van der Waals surface area (Å²) in [7, 11) is -4.08. The van der Waals surface area contributed by atoms with E-state index < -0.39 is 48.1 Å². The Morgan fingerprint density at radius 2 is 1.79 bits per heavy atom. The fourth-order valence-corrected chi connectivity index (χ4v) is 5.62. The molecule has 11 heteroatoms. The van der Waals surface area contributed by atoms with Gasteiger partial charge in [-0.15, -0.1) is 6.42 Å². The number of H-pyrrole nitrogens is 1. The number of benzene rings is 1. The van der Waals surface area contributed by atoms with Gasteiger partial charge in [0.15, 0.2) is 0 Å². The summed E-state index contributed by atoms with van der Waals surface area (Å²) in [5, 5.41) is 0. The summed E-state index contributed by atoms with van der Waals surface area (Å²) in [4.78, 5) is 26.1. The zero-order valence-electron chi connectivity index (χ0n) is 23.8. The highest BCUT2D eigenvalue weighted by atomic mass is 31.2. The molecule has 2 aromatic rings. The second-order valence-electron chi connectivity index (χ2n) is 11.3. The van der Waals surface area contributed by atoms with Crippen molar-refractivity contribution in [1.29, 1.82) is 0 Å². The van der Waals surface area contributed by atoms with Crippen molar-refractivity contribution in [3.8, 4) is 18.1 Å². The lowest BCUT2D eigenvalue weighted by Gasteiger charge is -2.33. The van der Waals surface area contributed by atoms with E-state index in [-0.39, 0.29) is 30.1 Å². The molecule has 1 aromatic carbocycles. The zero-order chi connectivity index (χ0) is 29.3. The van der Waals surface area contributed by atoms with Gasteiger partial charge >= 0.3 is 13.5 Å². The Kier molecular flexibility index (Phi) is 9.03. The van der Waals surface area contributed by atoms with Crippen LogP contribution in [0, 0.1) is 18.2 Å². The molecule has 3 heterocycles. The quantitative estimate of drug-likeness (QED) is 0.375. The average molecular weight is 565 g/mol. The first-order valence-electron chi connectivity index (χ1n) is 13.1. The van der Waals surface area contributed by atoms with Crippen LogP contribution >= 0.6 is 7.82 Å². The minimum absolute atomic E-state index is 0.00603. The Balaban J connectivity index is 0.00000205. The van der Waals surface area contributed by atoms with Crippen molar-refractivity contribution in [2.75, 3.05) is 6.61 Å². The number of fused-ring (bicyclic) bond motifs is 1. The molecule has 0 saturated carbocycles. The number of halogens is 1. The van der Waals surface area contributed by atoms with E-state index in [0.717, 1.165) is 0 Å². The van der Waals surface area contributed by atoms with Gasteiger partial charge in [0, 0.05) is 11.8 Å². The van der Waals surface area contributed by atoms with Crippen LogP contribution in [-0.4, -0.2) is 22.3 Å². The summed E-state index contributed by atoms with van der Waals surface area (Å²) in [6, 6.07) is 1.76. The number of nitrogens with one attached hydrogen (secondary N) is 1. The van der Waals surface area contributed by atoms with Gasteiger partial charge in [-0.05, 0) is 35.3 Å². The van der Waals surface area contributed by atoms with E-state index in [9.17, 15) is 14.2 Å². The normalized spacial score (nSPS) is 22.8. The number of hydrogen-bond acceptors (Lipinski definition) is 7. The molecule has 1 saturated heterocycles. The minimum Gasteiger partial charge on any atom is -0.403 e. The van der Waals surface area contributed by atoms with Crippen molar-refractivity contribution in [2.45, 2.75) is 98.0 Å². The van der Waals surface area contributed by atoms with E-state index in [4.69, 9.17) is 24.7 Å². The summed E-state index contributed by atoms with van der Waals surface area (Å²) < 4.78 is 52.7. The predicted molar refractivity (Wildman–Crippen MR) is 147 cm³/mol. The van der Waals surface area contributed by atoms with Gasteiger partial charge in [0.2, 0.25) is 0 Å². The van der Waals surface area contributed by atoms with Crippen LogP contribution in [0.5, 0.6) is 5.75 Å². The maximum Gasteiger partial charge on any atom is 0.530 e. The highest BCUT2D eigenvalue weighted by Gasteiger charge is 2.41.